The van der Waals surface area contributed by atoms with Gasteiger partial charge in [0.2, 0.25) is 5.91 Å². The minimum atomic E-state index is 0. The fourth-order valence-electron chi connectivity index (χ4n) is 3.86. The van der Waals surface area contributed by atoms with Gasteiger partial charge in [-0.25, -0.2) is 0 Å². The van der Waals surface area contributed by atoms with Crippen LogP contribution in [0.5, 0.6) is 0 Å². The Morgan fingerprint density at radius 1 is 1.22 bits per heavy atom. The number of nitrogens with zero attached hydrogens (tertiary/aromatic N) is 6. The largest absolute Gasteiger partial charge is 0.341 e. The topological polar surface area (TPSA) is 80.9 Å². The van der Waals surface area contributed by atoms with E-state index in [1.54, 1.807) is 4.68 Å². The van der Waals surface area contributed by atoms with E-state index < -0.39 is 0 Å². The van der Waals surface area contributed by atoms with Crippen LogP contribution in [-0.2, 0) is 24.4 Å². The molecule has 2 aromatic rings. The molecule has 0 aromatic carbocycles. The zero-order chi connectivity index (χ0) is 18.3. The lowest BCUT2D eigenvalue weighted by Crippen LogP contribution is -2.40. The third-order valence-electron chi connectivity index (χ3n) is 5.44. The zero-order valence-corrected chi connectivity index (χ0v) is 17.2. The molecular weight excluding hydrogens is 389 g/mol. The summed E-state index contributed by atoms with van der Waals surface area (Å²) >= 11 is 6.17. The first-order valence-corrected chi connectivity index (χ1v) is 9.52. The molecule has 2 aliphatic heterocycles. The van der Waals surface area contributed by atoms with Gasteiger partial charge >= 0.3 is 0 Å². The van der Waals surface area contributed by atoms with Crippen LogP contribution in [-0.4, -0.2) is 55.0 Å². The third kappa shape index (κ3) is 3.83. The first-order valence-electron chi connectivity index (χ1n) is 9.14. The molecule has 4 rings (SSSR count). The van der Waals surface area contributed by atoms with Gasteiger partial charge in [-0.05, 0) is 26.7 Å². The number of hydrogen-bond acceptors (Lipinski definition) is 5. The van der Waals surface area contributed by atoms with Gasteiger partial charge in [0.05, 0.1) is 23.0 Å². The Morgan fingerprint density at radius 2 is 1.96 bits per heavy atom. The molecule has 10 heteroatoms. The monoisotopic (exact) mass is 413 g/mol. The Hall–Kier alpha value is -1.64. The van der Waals surface area contributed by atoms with Crippen molar-refractivity contribution >= 4 is 29.9 Å². The van der Waals surface area contributed by atoms with Crippen LogP contribution in [0.1, 0.15) is 41.8 Å². The maximum absolute atomic E-state index is 12.6. The molecule has 0 spiro atoms. The summed E-state index contributed by atoms with van der Waals surface area (Å²) in [6.07, 6.45) is 1.85. The predicted molar refractivity (Wildman–Crippen MR) is 104 cm³/mol. The van der Waals surface area contributed by atoms with E-state index in [9.17, 15) is 4.79 Å². The van der Waals surface area contributed by atoms with Crippen LogP contribution in [0, 0.1) is 13.8 Å². The summed E-state index contributed by atoms with van der Waals surface area (Å²) in [5.74, 6) is 2.57. The molecule has 1 fully saturated rings. The molecule has 1 saturated heterocycles. The molecule has 0 unspecified atom stereocenters. The third-order valence-corrected chi connectivity index (χ3v) is 5.99. The SMILES string of the molecule is Cc1nn(CC(=O)N2CCC(c3nnc4n3CCNC4)CC2)c(C)c1Cl.Cl. The van der Waals surface area contributed by atoms with Crippen molar-refractivity contribution in [2.45, 2.75) is 52.2 Å². The van der Waals surface area contributed by atoms with Gasteiger partial charge in [0, 0.05) is 32.1 Å². The predicted octanol–water partition coefficient (Wildman–Crippen LogP) is 1.68. The van der Waals surface area contributed by atoms with Crippen molar-refractivity contribution in [3.63, 3.8) is 0 Å². The van der Waals surface area contributed by atoms with Crippen LogP contribution < -0.4 is 5.32 Å². The van der Waals surface area contributed by atoms with Gasteiger partial charge in [-0.3, -0.25) is 9.48 Å². The van der Waals surface area contributed by atoms with E-state index in [0.29, 0.717) is 10.9 Å². The number of carbonyl (C=O) groups excluding carboxylic acids is 1. The van der Waals surface area contributed by atoms with Gasteiger partial charge in [-0.2, -0.15) is 5.10 Å². The van der Waals surface area contributed by atoms with Gasteiger partial charge < -0.3 is 14.8 Å². The van der Waals surface area contributed by atoms with E-state index in [2.05, 4.69) is 25.2 Å². The maximum atomic E-state index is 12.6. The highest BCUT2D eigenvalue weighted by molar-refractivity contribution is 6.31. The van der Waals surface area contributed by atoms with Crippen molar-refractivity contribution in [1.29, 1.82) is 0 Å². The number of aromatic nitrogens is 5. The molecule has 2 aromatic heterocycles. The van der Waals surface area contributed by atoms with Gasteiger partial charge in [-0.1, -0.05) is 11.6 Å². The first-order chi connectivity index (χ1) is 12.5. The molecule has 1 amide bonds. The number of amides is 1. The lowest BCUT2D eigenvalue weighted by molar-refractivity contribution is -0.133. The Bertz CT molecular complexity index is 824. The normalized spacial score (nSPS) is 17.5. The first kappa shape index (κ1) is 20.1. The van der Waals surface area contributed by atoms with Crippen molar-refractivity contribution in [3.05, 3.63) is 28.1 Å². The van der Waals surface area contributed by atoms with Gasteiger partial charge in [-0.15, -0.1) is 22.6 Å². The van der Waals surface area contributed by atoms with Crippen molar-refractivity contribution < 1.29 is 4.79 Å². The molecule has 0 saturated carbocycles. The Morgan fingerprint density at radius 3 is 2.63 bits per heavy atom. The number of aryl methyl sites for hydroxylation is 1. The number of piperidine rings is 1. The highest BCUT2D eigenvalue weighted by Crippen LogP contribution is 2.28. The summed E-state index contributed by atoms with van der Waals surface area (Å²) in [4.78, 5) is 14.6. The van der Waals surface area contributed by atoms with Gasteiger partial charge in [0.25, 0.3) is 0 Å². The minimum Gasteiger partial charge on any atom is -0.341 e. The van der Waals surface area contributed by atoms with Crippen LogP contribution in [0.25, 0.3) is 0 Å². The van der Waals surface area contributed by atoms with E-state index in [0.717, 1.165) is 68.6 Å². The summed E-state index contributed by atoms with van der Waals surface area (Å²) in [6, 6.07) is 0. The fourth-order valence-corrected chi connectivity index (χ4v) is 4.00. The molecule has 8 nitrogen and oxygen atoms in total. The molecule has 27 heavy (non-hydrogen) atoms. The van der Waals surface area contributed by atoms with Crippen molar-refractivity contribution in [2.75, 3.05) is 19.6 Å². The molecule has 2 aliphatic rings. The van der Waals surface area contributed by atoms with E-state index in [1.165, 1.54) is 0 Å². The molecule has 0 aliphatic carbocycles. The summed E-state index contributed by atoms with van der Waals surface area (Å²) < 4.78 is 3.95. The van der Waals surface area contributed by atoms with Crippen LogP contribution in [0.3, 0.4) is 0 Å². The smallest absolute Gasteiger partial charge is 0.244 e. The summed E-state index contributed by atoms with van der Waals surface area (Å²) in [6.45, 7) is 8.16. The number of likely N-dealkylation sites (tertiary alicyclic amines) is 1. The Balaban J connectivity index is 0.00000210. The highest BCUT2D eigenvalue weighted by atomic mass is 35.5. The van der Waals surface area contributed by atoms with Crippen LogP contribution >= 0.6 is 24.0 Å². The minimum absolute atomic E-state index is 0. The van der Waals surface area contributed by atoms with Crippen molar-refractivity contribution in [3.8, 4) is 0 Å². The number of carbonyl (C=O) groups is 1. The number of hydrogen-bond donors (Lipinski definition) is 1. The van der Waals surface area contributed by atoms with Crippen molar-refractivity contribution in [2.24, 2.45) is 0 Å². The maximum Gasteiger partial charge on any atom is 0.244 e. The van der Waals surface area contributed by atoms with Crippen LogP contribution in [0.4, 0.5) is 0 Å². The van der Waals surface area contributed by atoms with E-state index in [-0.39, 0.29) is 24.9 Å². The quantitative estimate of drug-likeness (QED) is 0.827. The van der Waals surface area contributed by atoms with Gasteiger partial charge in [0.15, 0.2) is 0 Å². The average Bonchev–Trinajstić information content (AvgIpc) is 3.19. The zero-order valence-electron chi connectivity index (χ0n) is 15.6. The molecule has 148 valence electrons. The second kappa shape index (κ2) is 8.16. The summed E-state index contributed by atoms with van der Waals surface area (Å²) in [5.41, 5.74) is 1.61. The number of halogens is 2. The van der Waals surface area contributed by atoms with E-state index >= 15 is 0 Å². The van der Waals surface area contributed by atoms with E-state index in [4.69, 9.17) is 11.6 Å². The molecular formula is C17H25Cl2N7O. The lowest BCUT2D eigenvalue weighted by Gasteiger charge is -2.32. The summed E-state index contributed by atoms with van der Waals surface area (Å²) in [7, 11) is 0. The Labute approximate surface area is 169 Å². The van der Waals surface area contributed by atoms with Crippen molar-refractivity contribution in [1.82, 2.24) is 34.8 Å². The van der Waals surface area contributed by atoms with E-state index in [1.807, 2.05) is 18.7 Å². The second-order valence-electron chi connectivity index (χ2n) is 7.10. The van der Waals surface area contributed by atoms with Gasteiger partial charge in [0.1, 0.15) is 18.2 Å². The number of rotatable bonds is 3. The summed E-state index contributed by atoms with van der Waals surface area (Å²) in [5, 5.41) is 17.0. The van der Waals surface area contributed by atoms with Crippen LogP contribution in [0.2, 0.25) is 5.02 Å². The molecule has 0 atom stereocenters. The van der Waals surface area contributed by atoms with Crippen LogP contribution in [0.15, 0.2) is 0 Å². The molecule has 0 radical (unpaired) electrons. The number of fused-ring (bicyclic) bond motifs is 1. The number of nitrogens with one attached hydrogen (secondary N) is 1. The fraction of sp³-hybridized carbons (Fsp3) is 0.647. The molecule has 1 N–H and O–H groups in total. The lowest BCUT2D eigenvalue weighted by atomic mass is 9.95. The second-order valence-corrected chi connectivity index (χ2v) is 7.48. The standard InChI is InChI=1S/C17H24ClN7O.ClH/c1-11-16(18)12(2)25(22-11)10-15(26)23-6-3-13(4-7-23)17-21-20-14-9-19-5-8-24(14)17;/h13,19H,3-10H2,1-2H3;1H. The Kier molecular flexibility index (Phi) is 6.08. The highest BCUT2D eigenvalue weighted by Gasteiger charge is 2.29. The molecule has 0 bridgehead atoms. The average molecular weight is 414 g/mol. The molecule has 4 heterocycles.